The van der Waals surface area contributed by atoms with Crippen LogP contribution in [0.25, 0.3) is 0 Å². The number of ether oxygens (including phenoxy) is 3. The Balaban J connectivity index is 2.14. The van der Waals surface area contributed by atoms with Crippen LogP contribution >= 0.6 is 0 Å². The predicted octanol–water partition coefficient (Wildman–Crippen LogP) is 5.80. The first-order chi connectivity index (χ1) is 15.0. The van der Waals surface area contributed by atoms with E-state index in [-0.39, 0.29) is 13.2 Å². The van der Waals surface area contributed by atoms with Crippen molar-refractivity contribution < 1.29 is 28.9 Å². The summed E-state index contributed by atoms with van der Waals surface area (Å²) in [6.07, 6.45) is 11.1. The summed E-state index contributed by atoms with van der Waals surface area (Å²) in [6.45, 7) is 3.36. The summed E-state index contributed by atoms with van der Waals surface area (Å²) >= 11 is 0. The number of rotatable bonds is 17. The van der Waals surface area contributed by atoms with E-state index in [1.165, 1.54) is 51.9 Å². The van der Waals surface area contributed by atoms with Gasteiger partial charge in [0.25, 0.3) is 0 Å². The molecule has 0 aromatic heterocycles. The molecule has 0 heterocycles. The van der Waals surface area contributed by atoms with E-state index < -0.39 is 24.1 Å². The van der Waals surface area contributed by atoms with Crippen LogP contribution in [0.4, 0.5) is 4.79 Å². The molecule has 6 heteroatoms. The van der Waals surface area contributed by atoms with Crippen LogP contribution in [0.5, 0.6) is 0 Å². The number of esters is 1. The molecule has 0 saturated heterocycles. The van der Waals surface area contributed by atoms with Gasteiger partial charge in [-0.25, -0.2) is 4.79 Å². The number of benzene rings is 1. The topological polar surface area (TPSA) is 82.1 Å². The Kier molecular flexibility index (Phi) is 14.4. The smallest absolute Gasteiger partial charge is 0.465 e. The van der Waals surface area contributed by atoms with Gasteiger partial charge in [-0.15, -0.1) is 0 Å². The molecule has 0 fully saturated rings. The lowest BCUT2D eigenvalue weighted by molar-refractivity contribution is -0.160. The minimum Gasteiger partial charge on any atom is -0.465 e. The molecule has 0 aliphatic carbocycles. The standard InChI is InChI=1S/C25H40O6/c1-3-4-5-6-7-8-9-10-11-15-18-29-23(27)25(2,20-26)21-31-24(28)30-19-22-16-13-12-14-17-22/h12-14,16-17,26H,3-11,15,18-21H2,1-2H3. The fourth-order valence-electron chi connectivity index (χ4n) is 3.07. The van der Waals surface area contributed by atoms with Crippen LogP contribution in [0.1, 0.15) is 83.6 Å². The molecule has 1 rings (SSSR count). The average Bonchev–Trinajstić information content (AvgIpc) is 2.80. The van der Waals surface area contributed by atoms with E-state index >= 15 is 0 Å². The average molecular weight is 437 g/mol. The monoisotopic (exact) mass is 436 g/mol. The lowest BCUT2D eigenvalue weighted by Gasteiger charge is -2.24. The van der Waals surface area contributed by atoms with Gasteiger partial charge in [-0.1, -0.05) is 95.0 Å². The van der Waals surface area contributed by atoms with Gasteiger partial charge in [-0.2, -0.15) is 0 Å². The minimum atomic E-state index is -1.30. The van der Waals surface area contributed by atoms with Crippen LogP contribution < -0.4 is 0 Å². The maximum atomic E-state index is 12.3. The first-order valence-electron chi connectivity index (χ1n) is 11.6. The van der Waals surface area contributed by atoms with E-state index in [1.54, 1.807) is 0 Å². The zero-order valence-electron chi connectivity index (χ0n) is 19.3. The SMILES string of the molecule is CCCCCCCCCCCCOC(=O)C(C)(CO)COC(=O)OCc1ccccc1. The zero-order valence-corrected chi connectivity index (χ0v) is 19.3. The van der Waals surface area contributed by atoms with Crippen molar-refractivity contribution in [1.82, 2.24) is 0 Å². The highest BCUT2D eigenvalue weighted by Gasteiger charge is 2.36. The summed E-state index contributed by atoms with van der Waals surface area (Å²) in [4.78, 5) is 24.1. The first kappa shape index (κ1) is 27.0. The summed E-state index contributed by atoms with van der Waals surface area (Å²) in [5.41, 5.74) is -0.468. The number of hydrogen-bond donors (Lipinski definition) is 1. The van der Waals surface area contributed by atoms with Crippen molar-refractivity contribution in [1.29, 1.82) is 0 Å². The van der Waals surface area contributed by atoms with Crippen molar-refractivity contribution in [2.75, 3.05) is 19.8 Å². The van der Waals surface area contributed by atoms with E-state index in [4.69, 9.17) is 14.2 Å². The summed E-state index contributed by atoms with van der Waals surface area (Å²) in [5.74, 6) is -0.568. The van der Waals surface area contributed by atoms with Gasteiger partial charge < -0.3 is 19.3 Å². The van der Waals surface area contributed by atoms with Crippen LogP contribution in [0.2, 0.25) is 0 Å². The van der Waals surface area contributed by atoms with Crippen LogP contribution in [0.15, 0.2) is 30.3 Å². The Morgan fingerprint density at radius 2 is 1.42 bits per heavy atom. The van der Waals surface area contributed by atoms with Gasteiger partial charge in [0.2, 0.25) is 0 Å². The maximum Gasteiger partial charge on any atom is 0.508 e. The van der Waals surface area contributed by atoms with E-state index in [2.05, 4.69) is 6.92 Å². The zero-order chi connectivity index (χ0) is 22.8. The predicted molar refractivity (Wildman–Crippen MR) is 121 cm³/mol. The van der Waals surface area contributed by atoms with Gasteiger partial charge in [0, 0.05) is 0 Å². The largest absolute Gasteiger partial charge is 0.508 e. The Hall–Kier alpha value is -2.08. The van der Waals surface area contributed by atoms with Gasteiger partial charge >= 0.3 is 12.1 Å². The molecule has 0 aliphatic heterocycles. The van der Waals surface area contributed by atoms with E-state index in [0.29, 0.717) is 6.61 Å². The van der Waals surface area contributed by atoms with Crippen molar-refractivity contribution in [2.24, 2.45) is 5.41 Å². The summed E-state index contributed by atoms with van der Waals surface area (Å²) in [5, 5.41) is 9.62. The van der Waals surface area contributed by atoms with E-state index in [1.807, 2.05) is 30.3 Å². The summed E-state index contributed by atoms with van der Waals surface area (Å²) in [7, 11) is 0. The van der Waals surface area contributed by atoms with Crippen molar-refractivity contribution >= 4 is 12.1 Å². The Labute approximate surface area is 187 Å². The molecule has 0 aliphatic rings. The number of unbranched alkanes of at least 4 members (excludes halogenated alkanes) is 9. The van der Waals surface area contributed by atoms with E-state index in [0.717, 1.165) is 24.8 Å². The molecule has 6 nitrogen and oxygen atoms in total. The maximum absolute atomic E-state index is 12.3. The lowest BCUT2D eigenvalue weighted by Crippen LogP contribution is -2.39. The van der Waals surface area contributed by atoms with Crippen molar-refractivity contribution in [3.05, 3.63) is 35.9 Å². The molecule has 1 aromatic rings. The number of carbonyl (C=O) groups is 2. The molecule has 176 valence electrons. The third-order valence-corrected chi connectivity index (χ3v) is 5.28. The Bertz CT molecular complexity index is 603. The summed E-state index contributed by atoms with van der Waals surface area (Å²) in [6, 6.07) is 9.22. The third kappa shape index (κ3) is 12.4. The first-order valence-corrected chi connectivity index (χ1v) is 11.6. The number of carbonyl (C=O) groups excluding carboxylic acids is 2. The van der Waals surface area contributed by atoms with Gasteiger partial charge in [0.1, 0.15) is 18.6 Å². The number of hydrogen-bond acceptors (Lipinski definition) is 6. The van der Waals surface area contributed by atoms with Crippen LogP contribution in [-0.2, 0) is 25.6 Å². The molecule has 0 spiro atoms. The second-order valence-corrected chi connectivity index (χ2v) is 8.35. The third-order valence-electron chi connectivity index (χ3n) is 5.28. The molecule has 31 heavy (non-hydrogen) atoms. The molecule has 0 saturated carbocycles. The Morgan fingerprint density at radius 3 is 2.00 bits per heavy atom. The molecular weight excluding hydrogens is 396 g/mol. The highest BCUT2D eigenvalue weighted by Crippen LogP contribution is 2.19. The lowest BCUT2D eigenvalue weighted by atomic mass is 9.93. The molecule has 1 N–H and O–H groups in total. The van der Waals surface area contributed by atoms with Crippen LogP contribution in [0, 0.1) is 5.41 Å². The summed E-state index contributed by atoms with van der Waals surface area (Å²) < 4.78 is 15.4. The molecule has 1 unspecified atom stereocenters. The molecule has 0 amide bonds. The van der Waals surface area contributed by atoms with Gasteiger partial charge in [0.05, 0.1) is 13.2 Å². The van der Waals surface area contributed by atoms with Crippen molar-refractivity contribution in [2.45, 2.75) is 84.7 Å². The quantitative estimate of drug-likeness (QED) is 0.245. The normalized spacial score (nSPS) is 12.7. The number of aliphatic hydroxyl groups is 1. The highest BCUT2D eigenvalue weighted by atomic mass is 16.7. The van der Waals surface area contributed by atoms with Gasteiger partial charge in [0.15, 0.2) is 0 Å². The van der Waals surface area contributed by atoms with Crippen molar-refractivity contribution in [3.63, 3.8) is 0 Å². The second kappa shape index (κ2) is 16.6. The fourth-order valence-corrected chi connectivity index (χ4v) is 3.07. The molecule has 1 atom stereocenters. The van der Waals surface area contributed by atoms with E-state index in [9.17, 15) is 14.7 Å². The van der Waals surface area contributed by atoms with Gasteiger partial charge in [-0.3, -0.25) is 4.79 Å². The molecular formula is C25H40O6. The van der Waals surface area contributed by atoms with Gasteiger partial charge in [-0.05, 0) is 18.9 Å². The van der Waals surface area contributed by atoms with Crippen molar-refractivity contribution in [3.8, 4) is 0 Å². The Morgan fingerprint density at radius 1 is 0.839 bits per heavy atom. The minimum absolute atomic E-state index is 0.0820. The fraction of sp³-hybridized carbons (Fsp3) is 0.680. The van der Waals surface area contributed by atoms with Crippen LogP contribution in [0.3, 0.4) is 0 Å². The molecule has 0 radical (unpaired) electrons. The molecule has 0 bridgehead atoms. The molecule has 1 aromatic carbocycles. The number of aliphatic hydroxyl groups excluding tert-OH is 1. The highest BCUT2D eigenvalue weighted by molar-refractivity contribution is 5.77. The second-order valence-electron chi connectivity index (χ2n) is 8.35. The van der Waals surface area contributed by atoms with Crippen LogP contribution in [-0.4, -0.2) is 37.1 Å².